The Morgan fingerprint density at radius 2 is 1.71 bits per heavy atom. The Bertz CT molecular complexity index is 1560. The van der Waals surface area contributed by atoms with E-state index in [1.165, 1.54) is 10.5 Å². The molecule has 7 heteroatoms. The van der Waals surface area contributed by atoms with E-state index < -0.39 is 13.0 Å². The summed E-state index contributed by atoms with van der Waals surface area (Å²) in [6.45, 7) is 4.27. The van der Waals surface area contributed by atoms with Crippen molar-refractivity contribution in [3.8, 4) is 5.75 Å². The van der Waals surface area contributed by atoms with Gasteiger partial charge >= 0.3 is 7.12 Å². The molecular weight excluding hydrogens is 513 g/mol. The lowest BCUT2D eigenvalue weighted by atomic mass is 9.57. The molecular formula is C34H36BNO5. The normalized spacial score (nSPS) is 24.9. The Morgan fingerprint density at radius 3 is 2.44 bits per heavy atom. The van der Waals surface area contributed by atoms with Crippen molar-refractivity contribution in [2.45, 2.75) is 45.5 Å². The third-order valence-corrected chi connectivity index (χ3v) is 9.25. The highest BCUT2D eigenvalue weighted by Crippen LogP contribution is 2.52. The van der Waals surface area contributed by atoms with E-state index in [2.05, 4.69) is 32.1 Å². The molecule has 2 N–H and O–H groups in total. The predicted octanol–water partition coefficient (Wildman–Crippen LogP) is 5.95. The number of rotatable bonds is 6. The smallest absolute Gasteiger partial charge is 0.455 e. The van der Waals surface area contributed by atoms with E-state index in [4.69, 9.17) is 4.65 Å². The first-order chi connectivity index (χ1) is 19.7. The molecule has 0 saturated carbocycles. The Kier molecular flexibility index (Phi) is 7.35. The second-order valence-electron chi connectivity index (χ2n) is 11.9. The average Bonchev–Trinajstić information content (AvgIpc) is 3.19. The molecule has 2 saturated heterocycles. The summed E-state index contributed by atoms with van der Waals surface area (Å²) in [5.41, 5.74) is 5.54. The van der Waals surface area contributed by atoms with Crippen LogP contribution in [0.3, 0.4) is 0 Å². The molecule has 0 bridgehead atoms. The number of imide groups is 1. The standard InChI is InChI=1S/C34H36BNO5/c1-20(2)26-18-27-32(34(39)36(3)33(27)38)28-19-35(40)41-30(31(26)28)16-14-22(21-9-5-4-6-10-21)17-23-13-15-29(37)25-12-8-7-11-24(23)25/h4-13,15,17,20,27-28,30,32,37,40H,14,16,18-19H2,1-3H3/b22-17-/t27-,28+,30-,32-/m1/s1. The van der Waals surface area contributed by atoms with Crippen molar-refractivity contribution < 1.29 is 24.4 Å². The van der Waals surface area contributed by atoms with E-state index in [1.807, 2.05) is 48.5 Å². The third-order valence-electron chi connectivity index (χ3n) is 9.25. The molecule has 3 aliphatic rings. The van der Waals surface area contributed by atoms with Crippen molar-refractivity contribution in [3.63, 3.8) is 0 Å². The number of phenolic OH excluding ortho intramolecular Hbond substituents is 1. The summed E-state index contributed by atoms with van der Waals surface area (Å²) in [5, 5.41) is 23.1. The second-order valence-corrected chi connectivity index (χ2v) is 11.9. The van der Waals surface area contributed by atoms with Gasteiger partial charge in [0.25, 0.3) is 0 Å². The molecule has 0 radical (unpaired) electrons. The summed E-state index contributed by atoms with van der Waals surface area (Å²) in [6.07, 6.45) is 4.04. The highest BCUT2D eigenvalue weighted by Gasteiger charge is 2.56. The molecule has 41 heavy (non-hydrogen) atoms. The van der Waals surface area contributed by atoms with Crippen LogP contribution in [0.15, 0.2) is 77.9 Å². The number of aromatic hydroxyl groups is 1. The highest BCUT2D eigenvalue weighted by atomic mass is 16.5. The SMILES string of the molecule is CC(C)C1=C2[C@@H](CC/C(=C/c3ccc(O)c4ccccc34)c3ccccc3)OB(O)C[C@@H]2[C@@H]2C(=O)N(C)C(=O)[C@@H]2C1. The van der Waals surface area contributed by atoms with E-state index in [9.17, 15) is 19.7 Å². The molecule has 6 nitrogen and oxygen atoms in total. The highest BCUT2D eigenvalue weighted by molar-refractivity contribution is 6.43. The van der Waals surface area contributed by atoms with E-state index >= 15 is 0 Å². The van der Waals surface area contributed by atoms with Gasteiger partial charge in [-0.15, -0.1) is 0 Å². The topological polar surface area (TPSA) is 87.1 Å². The minimum atomic E-state index is -0.986. The third kappa shape index (κ3) is 4.91. The van der Waals surface area contributed by atoms with Gasteiger partial charge in [0, 0.05) is 12.4 Å². The molecule has 210 valence electrons. The molecule has 3 aromatic rings. The van der Waals surface area contributed by atoms with Crippen molar-refractivity contribution in [2.75, 3.05) is 7.05 Å². The number of amides is 2. The fraction of sp³-hybridized carbons (Fsp3) is 0.353. The van der Waals surface area contributed by atoms with Crippen LogP contribution in [0, 0.1) is 23.7 Å². The molecule has 1 aliphatic carbocycles. The number of phenols is 1. The van der Waals surface area contributed by atoms with Crippen molar-refractivity contribution in [2.24, 2.45) is 23.7 Å². The Morgan fingerprint density at radius 1 is 1.00 bits per heavy atom. The van der Waals surface area contributed by atoms with Crippen LogP contribution in [0.5, 0.6) is 5.75 Å². The first-order valence-electron chi connectivity index (χ1n) is 14.6. The zero-order chi connectivity index (χ0) is 28.8. The maximum Gasteiger partial charge on any atom is 0.455 e. The van der Waals surface area contributed by atoms with Crippen LogP contribution in [0.25, 0.3) is 22.4 Å². The number of likely N-dealkylation sites (tertiary alicyclic amines) is 1. The van der Waals surface area contributed by atoms with Crippen LogP contribution in [0.2, 0.25) is 6.32 Å². The summed E-state index contributed by atoms with van der Waals surface area (Å²) in [7, 11) is 0.592. The maximum atomic E-state index is 13.2. The van der Waals surface area contributed by atoms with E-state index in [0.29, 0.717) is 25.6 Å². The zero-order valence-corrected chi connectivity index (χ0v) is 23.8. The number of hydrogen-bond acceptors (Lipinski definition) is 5. The number of hydrogen-bond donors (Lipinski definition) is 2. The van der Waals surface area contributed by atoms with Crippen LogP contribution < -0.4 is 0 Å². The first kappa shape index (κ1) is 27.5. The minimum Gasteiger partial charge on any atom is -0.507 e. The molecule has 2 fully saturated rings. The molecule has 0 unspecified atom stereocenters. The molecule has 4 atom stereocenters. The summed E-state index contributed by atoms with van der Waals surface area (Å²) in [4.78, 5) is 27.5. The number of benzene rings is 3. The van der Waals surface area contributed by atoms with Crippen LogP contribution in [0.1, 0.15) is 44.2 Å². The zero-order valence-electron chi connectivity index (χ0n) is 23.8. The second kappa shape index (κ2) is 11.0. The molecule has 0 aromatic heterocycles. The number of nitrogens with zero attached hydrogens (tertiary/aromatic N) is 1. The summed E-state index contributed by atoms with van der Waals surface area (Å²) in [5.74, 6) is -0.773. The van der Waals surface area contributed by atoms with Crippen molar-refractivity contribution >= 4 is 41.4 Å². The van der Waals surface area contributed by atoms with Gasteiger partial charge < -0.3 is 14.8 Å². The molecule has 2 amide bonds. The Balaban J connectivity index is 1.38. The molecule has 2 aliphatic heterocycles. The van der Waals surface area contributed by atoms with Crippen LogP contribution in [-0.2, 0) is 14.2 Å². The molecule has 6 rings (SSSR count). The van der Waals surface area contributed by atoms with Gasteiger partial charge in [-0.25, -0.2) is 0 Å². The van der Waals surface area contributed by atoms with Crippen molar-refractivity contribution in [1.82, 2.24) is 4.90 Å². The number of carbonyl (C=O) groups is 2. The Labute approximate surface area is 241 Å². The van der Waals surface area contributed by atoms with Gasteiger partial charge in [-0.05, 0) is 71.1 Å². The number of allylic oxidation sites excluding steroid dienone is 2. The van der Waals surface area contributed by atoms with E-state index in [0.717, 1.165) is 33.0 Å². The summed E-state index contributed by atoms with van der Waals surface area (Å²) in [6, 6.07) is 21.7. The van der Waals surface area contributed by atoms with Gasteiger partial charge in [-0.1, -0.05) is 86.2 Å². The van der Waals surface area contributed by atoms with Crippen LogP contribution >= 0.6 is 0 Å². The summed E-state index contributed by atoms with van der Waals surface area (Å²) >= 11 is 0. The van der Waals surface area contributed by atoms with Gasteiger partial charge in [0.1, 0.15) is 5.75 Å². The van der Waals surface area contributed by atoms with Crippen molar-refractivity contribution in [3.05, 3.63) is 89.0 Å². The number of carbonyl (C=O) groups excluding carboxylic acids is 2. The van der Waals surface area contributed by atoms with Gasteiger partial charge in [-0.2, -0.15) is 0 Å². The molecule has 0 spiro atoms. The van der Waals surface area contributed by atoms with Gasteiger partial charge in [0.2, 0.25) is 11.8 Å². The average molecular weight is 549 g/mol. The molecule has 3 aromatic carbocycles. The van der Waals surface area contributed by atoms with E-state index in [1.54, 1.807) is 13.1 Å². The van der Waals surface area contributed by atoms with Crippen LogP contribution in [0.4, 0.5) is 0 Å². The molecule has 2 heterocycles. The lowest BCUT2D eigenvalue weighted by Crippen LogP contribution is -2.46. The number of fused-ring (bicyclic) bond motifs is 4. The van der Waals surface area contributed by atoms with Gasteiger partial charge in [0.05, 0.1) is 17.9 Å². The largest absolute Gasteiger partial charge is 0.507 e. The quantitative estimate of drug-likeness (QED) is 0.172. The summed E-state index contributed by atoms with van der Waals surface area (Å²) < 4.78 is 6.22. The fourth-order valence-electron chi connectivity index (χ4n) is 7.27. The monoisotopic (exact) mass is 549 g/mol. The fourth-order valence-corrected chi connectivity index (χ4v) is 7.27. The minimum absolute atomic E-state index is 0.106. The maximum absolute atomic E-state index is 13.2. The van der Waals surface area contributed by atoms with Gasteiger partial charge in [-0.3, -0.25) is 14.5 Å². The lowest BCUT2D eigenvalue weighted by molar-refractivity contribution is -0.138. The van der Waals surface area contributed by atoms with Crippen LogP contribution in [-0.4, -0.2) is 47.1 Å². The lowest BCUT2D eigenvalue weighted by Gasteiger charge is -2.44. The van der Waals surface area contributed by atoms with E-state index in [-0.39, 0.29) is 41.4 Å². The predicted molar refractivity (Wildman–Crippen MR) is 162 cm³/mol. The first-order valence-corrected chi connectivity index (χ1v) is 14.6. The van der Waals surface area contributed by atoms with Crippen molar-refractivity contribution in [1.29, 1.82) is 0 Å². The van der Waals surface area contributed by atoms with Gasteiger partial charge in [0.15, 0.2) is 0 Å². The Hall–Kier alpha value is -3.68.